The number of benzene rings is 1. The number of pyridine rings is 1. The quantitative estimate of drug-likeness (QED) is 0.607. The SMILES string of the molecule is O=C(NCCN1CCN(Cc2ccccc2)CC1)Nc1nnc(-c2ccccn2)s1. The summed E-state index contributed by atoms with van der Waals surface area (Å²) < 4.78 is 0. The Kier molecular flexibility index (Phi) is 6.96. The highest BCUT2D eigenvalue weighted by Gasteiger charge is 2.17. The number of hydrogen-bond acceptors (Lipinski definition) is 7. The summed E-state index contributed by atoms with van der Waals surface area (Å²) in [6.45, 7) is 6.54. The van der Waals surface area contributed by atoms with E-state index in [4.69, 9.17) is 0 Å². The standard InChI is InChI=1S/C21H25N7OS/c29-20(24-21-26-25-19(30-21)18-8-4-5-9-22-18)23-10-11-27-12-14-28(15-13-27)16-17-6-2-1-3-7-17/h1-9H,10-16H2,(H2,23,24,26,29). The molecule has 0 radical (unpaired) electrons. The Labute approximate surface area is 180 Å². The summed E-state index contributed by atoms with van der Waals surface area (Å²) in [5, 5.41) is 14.9. The van der Waals surface area contributed by atoms with Gasteiger partial charge in [-0.25, -0.2) is 4.79 Å². The van der Waals surface area contributed by atoms with Gasteiger partial charge in [-0.05, 0) is 17.7 Å². The molecule has 1 aromatic carbocycles. The number of piperazine rings is 1. The molecule has 0 atom stereocenters. The second kappa shape index (κ2) is 10.2. The summed E-state index contributed by atoms with van der Waals surface area (Å²) >= 11 is 1.30. The molecule has 4 rings (SSSR count). The first-order valence-electron chi connectivity index (χ1n) is 10.0. The van der Waals surface area contributed by atoms with Crippen molar-refractivity contribution in [1.82, 2.24) is 30.3 Å². The number of amides is 2. The lowest BCUT2D eigenvalue weighted by Gasteiger charge is -2.34. The van der Waals surface area contributed by atoms with Gasteiger partial charge in [0.15, 0.2) is 5.01 Å². The van der Waals surface area contributed by atoms with Gasteiger partial charge in [-0.2, -0.15) is 0 Å². The van der Waals surface area contributed by atoms with E-state index in [1.807, 2.05) is 18.2 Å². The predicted molar refractivity (Wildman–Crippen MR) is 118 cm³/mol. The normalized spacial score (nSPS) is 15.1. The molecule has 1 aliphatic heterocycles. The molecule has 0 aliphatic carbocycles. The molecule has 0 unspecified atom stereocenters. The van der Waals surface area contributed by atoms with E-state index in [1.54, 1.807) is 6.20 Å². The van der Waals surface area contributed by atoms with Crippen molar-refractivity contribution in [1.29, 1.82) is 0 Å². The van der Waals surface area contributed by atoms with Crippen molar-refractivity contribution in [2.45, 2.75) is 6.54 Å². The van der Waals surface area contributed by atoms with Crippen LogP contribution in [0.4, 0.5) is 9.93 Å². The summed E-state index contributed by atoms with van der Waals surface area (Å²) in [6, 6.07) is 15.9. The maximum atomic E-state index is 12.1. The summed E-state index contributed by atoms with van der Waals surface area (Å²) in [4.78, 5) is 21.2. The summed E-state index contributed by atoms with van der Waals surface area (Å²) in [6.07, 6.45) is 1.71. The van der Waals surface area contributed by atoms with Gasteiger partial charge in [0.1, 0.15) is 5.69 Å². The minimum Gasteiger partial charge on any atom is -0.337 e. The Morgan fingerprint density at radius 3 is 2.50 bits per heavy atom. The molecule has 0 spiro atoms. The molecular formula is C21H25N7OS. The molecule has 3 aromatic rings. The molecule has 0 saturated carbocycles. The molecule has 0 bridgehead atoms. The third-order valence-corrected chi connectivity index (χ3v) is 5.82. The second-order valence-corrected chi connectivity index (χ2v) is 8.09. The lowest BCUT2D eigenvalue weighted by molar-refractivity contribution is 0.128. The fourth-order valence-corrected chi connectivity index (χ4v) is 4.06. The molecule has 30 heavy (non-hydrogen) atoms. The van der Waals surface area contributed by atoms with E-state index < -0.39 is 0 Å². The Balaban J connectivity index is 1.14. The zero-order valence-corrected chi connectivity index (χ0v) is 17.5. The van der Waals surface area contributed by atoms with Crippen LogP contribution in [0.3, 0.4) is 0 Å². The highest BCUT2D eigenvalue weighted by Crippen LogP contribution is 2.24. The first kappa shape index (κ1) is 20.4. The van der Waals surface area contributed by atoms with Crippen LogP contribution in [0.25, 0.3) is 10.7 Å². The molecule has 2 aromatic heterocycles. The van der Waals surface area contributed by atoms with Crippen LogP contribution in [-0.4, -0.2) is 70.3 Å². The van der Waals surface area contributed by atoms with Crippen molar-refractivity contribution < 1.29 is 4.79 Å². The average molecular weight is 424 g/mol. The van der Waals surface area contributed by atoms with Crippen molar-refractivity contribution >= 4 is 22.5 Å². The zero-order chi connectivity index (χ0) is 20.6. The Morgan fingerprint density at radius 1 is 0.967 bits per heavy atom. The summed E-state index contributed by atoms with van der Waals surface area (Å²) in [5.41, 5.74) is 2.10. The van der Waals surface area contributed by atoms with Gasteiger partial charge >= 0.3 is 6.03 Å². The minimum atomic E-state index is -0.263. The van der Waals surface area contributed by atoms with Gasteiger partial charge in [-0.1, -0.05) is 47.7 Å². The maximum Gasteiger partial charge on any atom is 0.321 e. The number of carbonyl (C=O) groups excluding carboxylic acids is 1. The molecule has 2 N–H and O–H groups in total. The number of carbonyl (C=O) groups is 1. The van der Waals surface area contributed by atoms with E-state index in [1.165, 1.54) is 16.9 Å². The topological polar surface area (TPSA) is 86.3 Å². The monoisotopic (exact) mass is 423 g/mol. The number of nitrogens with one attached hydrogen (secondary N) is 2. The second-order valence-electron chi connectivity index (χ2n) is 7.11. The Morgan fingerprint density at radius 2 is 1.73 bits per heavy atom. The molecule has 2 amide bonds. The highest BCUT2D eigenvalue weighted by atomic mass is 32.1. The molecule has 8 nitrogen and oxygen atoms in total. The van der Waals surface area contributed by atoms with Crippen LogP contribution in [0.2, 0.25) is 0 Å². The van der Waals surface area contributed by atoms with Crippen LogP contribution >= 0.6 is 11.3 Å². The number of anilines is 1. The van der Waals surface area contributed by atoms with Crippen LogP contribution in [0.1, 0.15) is 5.56 Å². The van der Waals surface area contributed by atoms with Crippen molar-refractivity contribution in [3.05, 3.63) is 60.3 Å². The molecule has 1 fully saturated rings. The van der Waals surface area contributed by atoms with Crippen molar-refractivity contribution in [2.75, 3.05) is 44.6 Å². The van der Waals surface area contributed by atoms with E-state index in [2.05, 4.69) is 65.9 Å². The molecule has 1 saturated heterocycles. The first-order chi connectivity index (χ1) is 14.8. The molecular weight excluding hydrogens is 398 g/mol. The van der Waals surface area contributed by atoms with Gasteiger partial charge < -0.3 is 5.32 Å². The number of rotatable bonds is 7. The largest absolute Gasteiger partial charge is 0.337 e. The fourth-order valence-electron chi connectivity index (χ4n) is 3.35. The first-order valence-corrected chi connectivity index (χ1v) is 10.9. The third-order valence-electron chi connectivity index (χ3n) is 4.96. The fraction of sp³-hybridized carbons (Fsp3) is 0.333. The lowest BCUT2D eigenvalue weighted by atomic mass is 10.2. The summed E-state index contributed by atoms with van der Waals surface area (Å²) in [5.74, 6) is 0. The van der Waals surface area contributed by atoms with Gasteiger partial charge in [0, 0.05) is 52.0 Å². The van der Waals surface area contributed by atoms with Crippen molar-refractivity contribution in [2.24, 2.45) is 0 Å². The van der Waals surface area contributed by atoms with Gasteiger partial charge in [0.05, 0.1) is 0 Å². The van der Waals surface area contributed by atoms with E-state index in [9.17, 15) is 4.79 Å². The highest BCUT2D eigenvalue weighted by molar-refractivity contribution is 7.18. The maximum absolute atomic E-state index is 12.1. The van der Waals surface area contributed by atoms with Crippen molar-refractivity contribution in [3.63, 3.8) is 0 Å². The van der Waals surface area contributed by atoms with Crippen LogP contribution in [0.5, 0.6) is 0 Å². The molecule has 9 heteroatoms. The van der Waals surface area contributed by atoms with Crippen LogP contribution < -0.4 is 10.6 Å². The van der Waals surface area contributed by atoms with Crippen molar-refractivity contribution in [3.8, 4) is 10.7 Å². The Bertz CT molecular complexity index is 927. The predicted octanol–water partition coefficient (Wildman–Crippen LogP) is 2.54. The molecule has 1 aliphatic rings. The zero-order valence-electron chi connectivity index (χ0n) is 16.7. The number of urea groups is 1. The van der Waals surface area contributed by atoms with Crippen LogP contribution in [0.15, 0.2) is 54.7 Å². The van der Waals surface area contributed by atoms with E-state index in [-0.39, 0.29) is 6.03 Å². The minimum absolute atomic E-state index is 0.263. The smallest absolute Gasteiger partial charge is 0.321 e. The van der Waals surface area contributed by atoms with Gasteiger partial charge in [-0.3, -0.25) is 20.1 Å². The Hall–Kier alpha value is -2.88. The van der Waals surface area contributed by atoms with E-state index in [0.29, 0.717) is 16.7 Å². The van der Waals surface area contributed by atoms with Gasteiger partial charge in [-0.15, -0.1) is 10.2 Å². The van der Waals surface area contributed by atoms with E-state index >= 15 is 0 Å². The summed E-state index contributed by atoms with van der Waals surface area (Å²) in [7, 11) is 0. The van der Waals surface area contributed by atoms with Gasteiger partial charge in [0.25, 0.3) is 0 Å². The molecule has 156 valence electrons. The van der Waals surface area contributed by atoms with Crippen LogP contribution in [-0.2, 0) is 6.54 Å². The molecule has 3 heterocycles. The van der Waals surface area contributed by atoms with Crippen LogP contribution in [0, 0.1) is 0 Å². The van der Waals surface area contributed by atoms with E-state index in [0.717, 1.165) is 45.0 Å². The number of aromatic nitrogens is 3. The lowest BCUT2D eigenvalue weighted by Crippen LogP contribution is -2.48. The number of hydrogen-bond donors (Lipinski definition) is 2. The third kappa shape index (κ3) is 5.82. The number of nitrogens with zero attached hydrogens (tertiary/aromatic N) is 5. The van der Waals surface area contributed by atoms with Gasteiger partial charge in [0.2, 0.25) is 5.13 Å². The average Bonchev–Trinajstić information content (AvgIpc) is 3.25.